The van der Waals surface area contributed by atoms with Crippen molar-refractivity contribution in [3.63, 3.8) is 0 Å². The lowest BCUT2D eigenvalue weighted by Crippen LogP contribution is -2.51. The lowest BCUT2D eigenvalue weighted by molar-refractivity contribution is 0.0496. The number of hydrogen-bond acceptors (Lipinski definition) is 3. The van der Waals surface area contributed by atoms with E-state index < -0.39 is 0 Å². The second kappa shape index (κ2) is 6.47. The van der Waals surface area contributed by atoms with Gasteiger partial charge in [0.2, 0.25) is 0 Å². The Labute approximate surface area is 129 Å². The molecule has 2 fully saturated rings. The van der Waals surface area contributed by atoms with Crippen LogP contribution < -0.4 is 5.73 Å². The summed E-state index contributed by atoms with van der Waals surface area (Å²) in [6.45, 7) is 5.49. The van der Waals surface area contributed by atoms with Gasteiger partial charge < -0.3 is 10.6 Å². The van der Waals surface area contributed by atoms with Gasteiger partial charge in [-0.3, -0.25) is 4.90 Å². The van der Waals surface area contributed by atoms with Crippen molar-refractivity contribution in [1.29, 1.82) is 0 Å². The summed E-state index contributed by atoms with van der Waals surface area (Å²) < 4.78 is 0. The van der Waals surface area contributed by atoms with Crippen LogP contribution in [-0.4, -0.2) is 49.6 Å². The normalized spacial score (nSPS) is 27.0. The number of nitrogens with two attached hydrogens (primary N) is 1. The van der Waals surface area contributed by atoms with Gasteiger partial charge in [-0.05, 0) is 37.4 Å². The summed E-state index contributed by atoms with van der Waals surface area (Å²) in [5.74, 6) is 0. The Balaban J connectivity index is 1.78. The molecule has 0 amide bonds. The van der Waals surface area contributed by atoms with Crippen LogP contribution in [0.5, 0.6) is 0 Å². The van der Waals surface area contributed by atoms with Crippen LogP contribution in [0.25, 0.3) is 0 Å². The SMILES string of the molecule is CN1CCN(CC2(CN)CCCC2)C(c2ccccc2)C1. The van der Waals surface area contributed by atoms with Gasteiger partial charge in [-0.2, -0.15) is 0 Å². The van der Waals surface area contributed by atoms with E-state index in [4.69, 9.17) is 5.73 Å². The molecule has 1 aromatic carbocycles. The van der Waals surface area contributed by atoms with Gasteiger partial charge in [-0.15, -0.1) is 0 Å². The van der Waals surface area contributed by atoms with Crippen molar-refractivity contribution in [2.45, 2.75) is 31.7 Å². The number of likely N-dealkylation sites (N-methyl/N-ethyl adjacent to an activating group) is 1. The first kappa shape index (κ1) is 15.0. The molecular formula is C18H29N3. The third kappa shape index (κ3) is 3.31. The van der Waals surface area contributed by atoms with Crippen molar-refractivity contribution in [2.24, 2.45) is 11.1 Å². The standard InChI is InChI=1S/C18H29N3/c1-20-11-12-21(15-18(14-19)9-5-6-10-18)17(13-20)16-7-3-2-4-8-16/h2-4,7-8,17H,5-6,9-15,19H2,1H3. The number of hydrogen-bond donors (Lipinski definition) is 1. The van der Waals surface area contributed by atoms with Crippen molar-refractivity contribution in [3.8, 4) is 0 Å². The van der Waals surface area contributed by atoms with Gasteiger partial charge in [0, 0.05) is 32.2 Å². The maximum Gasteiger partial charge on any atom is 0.0475 e. The van der Waals surface area contributed by atoms with Crippen molar-refractivity contribution >= 4 is 0 Å². The molecule has 3 rings (SSSR count). The molecule has 1 aliphatic carbocycles. The summed E-state index contributed by atoms with van der Waals surface area (Å²) in [7, 11) is 2.24. The first-order chi connectivity index (χ1) is 10.2. The van der Waals surface area contributed by atoms with Gasteiger partial charge in [0.25, 0.3) is 0 Å². The Bertz CT molecular complexity index is 439. The first-order valence-electron chi connectivity index (χ1n) is 8.40. The van der Waals surface area contributed by atoms with Gasteiger partial charge in [-0.25, -0.2) is 0 Å². The molecule has 1 heterocycles. The Morgan fingerprint density at radius 2 is 1.86 bits per heavy atom. The molecule has 21 heavy (non-hydrogen) atoms. The van der Waals surface area contributed by atoms with E-state index >= 15 is 0 Å². The molecule has 116 valence electrons. The Kier molecular flexibility index (Phi) is 4.63. The van der Waals surface area contributed by atoms with E-state index in [1.54, 1.807) is 0 Å². The van der Waals surface area contributed by atoms with Gasteiger partial charge >= 0.3 is 0 Å². The van der Waals surface area contributed by atoms with Crippen LogP contribution in [0.4, 0.5) is 0 Å². The van der Waals surface area contributed by atoms with E-state index in [9.17, 15) is 0 Å². The molecule has 1 saturated heterocycles. The molecule has 1 saturated carbocycles. The highest BCUT2D eigenvalue weighted by Crippen LogP contribution is 2.40. The van der Waals surface area contributed by atoms with Gasteiger partial charge in [0.1, 0.15) is 0 Å². The average molecular weight is 287 g/mol. The van der Waals surface area contributed by atoms with Crippen LogP contribution in [0.3, 0.4) is 0 Å². The minimum atomic E-state index is 0.378. The molecular weight excluding hydrogens is 258 g/mol. The number of rotatable bonds is 4. The zero-order chi connectivity index (χ0) is 14.7. The van der Waals surface area contributed by atoms with E-state index in [-0.39, 0.29) is 0 Å². The van der Waals surface area contributed by atoms with Crippen LogP contribution >= 0.6 is 0 Å². The monoisotopic (exact) mass is 287 g/mol. The molecule has 3 heteroatoms. The van der Waals surface area contributed by atoms with E-state index in [1.807, 2.05) is 0 Å². The molecule has 0 spiro atoms. The summed E-state index contributed by atoms with van der Waals surface area (Å²) in [6.07, 6.45) is 5.36. The van der Waals surface area contributed by atoms with Crippen LogP contribution in [0.2, 0.25) is 0 Å². The maximum atomic E-state index is 6.16. The Morgan fingerprint density at radius 3 is 2.52 bits per heavy atom. The molecule has 2 N–H and O–H groups in total. The predicted octanol–water partition coefficient (Wildman–Crippen LogP) is 2.49. The van der Waals surface area contributed by atoms with Crippen LogP contribution in [-0.2, 0) is 0 Å². The fraction of sp³-hybridized carbons (Fsp3) is 0.667. The predicted molar refractivity (Wildman–Crippen MR) is 88.2 cm³/mol. The van der Waals surface area contributed by atoms with E-state index in [1.165, 1.54) is 44.3 Å². The summed E-state index contributed by atoms with van der Waals surface area (Å²) >= 11 is 0. The molecule has 1 aromatic rings. The lowest BCUT2D eigenvalue weighted by atomic mass is 9.84. The summed E-state index contributed by atoms with van der Waals surface area (Å²) in [5, 5.41) is 0. The second-order valence-electron chi connectivity index (χ2n) is 7.07. The van der Waals surface area contributed by atoms with E-state index in [0.29, 0.717) is 11.5 Å². The largest absolute Gasteiger partial charge is 0.330 e. The van der Waals surface area contributed by atoms with Crippen LogP contribution in [0, 0.1) is 5.41 Å². The Morgan fingerprint density at radius 1 is 1.14 bits per heavy atom. The van der Waals surface area contributed by atoms with Crippen LogP contribution in [0.1, 0.15) is 37.3 Å². The molecule has 3 nitrogen and oxygen atoms in total. The number of benzene rings is 1. The topological polar surface area (TPSA) is 32.5 Å². The minimum Gasteiger partial charge on any atom is -0.330 e. The van der Waals surface area contributed by atoms with Crippen LogP contribution in [0.15, 0.2) is 30.3 Å². The highest BCUT2D eigenvalue weighted by atomic mass is 15.3. The van der Waals surface area contributed by atoms with Gasteiger partial charge in [-0.1, -0.05) is 43.2 Å². The highest BCUT2D eigenvalue weighted by Gasteiger charge is 2.37. The summed E-state index contributed by atoms with van der Waals surface area (Å²) in [4.78, 5) is 5.16. The maximum absolute atomic E-state index is 6.16. The van der Waals surface area contributed by atoms with E-state index in [2.05, 4.69) is 47.2 Å². The van der Waals surface area contributed by atoms with Crippen molar-refractivity contribution in [1.82, 2.24) is 9.80 Å². The van der Waals surface area contributed by atoms with Gasteiger partial charge in [0.15, 0.2) is 0 Å². The Hall–Kier alpha value is -0.900. The zero-order valence-electron chi connectivity index (χ0n) is 13.3. The fourth-order valence-corrected chi connectivity index (χ4v) is 4.12. The first-order valence-corrected chi connectivity index (χ1v) is 8.40. The number of piperazine rings is 1. The molecule has 1 atom stereocenters. The zero-order valence-corrected chi connectivity index (χ0v) is 13.3. The third-order valence-corrected chi connectivity index (χ3v) is 5.51. The minimum absolute atomic E-state index is 0.378. The molecule has 2 aliphatic rings. The molecule has 1 unspecified atom stereocenters. The average Bonchev–Trinajstić information content (AvgIpc) is 2.99. The fourth-order valence-electron chi connectivity index (χ4n) is 4.12. The highest BCUT2D eigenvalue weighted by molar-refractivity contribution is 5.20. The molecule has 0 radical (unpaired) electrons. The second-order valence-corrected chi connectivity index (χ2v) is 7.07. The van der Waals surface area contributed by atoms with Crippen molar-refractivity contribution < 1.29 is 0 Å². The quantitative estimate of drug-likeness (QED) is 0.923. The smallest absolute Gasteiger partial charge is 0.0475 e. The lowest BCUT2D eigenvalue weighted by Gasteiger charge is -2.44. The molecule has 0 bridgehead atoms. The third-order valence-electron chi connectivity index (χ3n) is 5.51. The van der Waals surface area contributed by atoms with Crippen molar-refractivity contribution in [2.75, 3.05) is 39.8 Å². The summed E-state index contributed by atoms with van der Waals surface area (Å²) in [5.41, 5.74) is 7.99. The number of nitrogens with zero attached hydrogens (tertiary/aromatic N) is 2. The molecule has 0 aromatic heterocycles. The summed E-state index contributed by atoms with van der Waals surface area (Å²) in [6, 6.07) is 11.5. The molecule has 1 aliphatic heterocycles. The van der Waals surface area contributed by atoms with Gasteiger partial charge in [0.05, 0.1) is 0 Å². The van der Waals surface area contributed by atoms with Crippen molar-refractivity contribution in [3.05, 3.63) is 35.9 Å². The van der Waals surface area contributed by atoms with E-state index in [0.717, 1.165) is 19.6 Å².